The number of nitrogens with zero attached hydrogens (tertiary/aromatic N) is 1. The van der Waals surface area contributed by atoms with E-state index in [2.05, 4.69) is 6.58 Å². The molecular weight excluding hydrogens is 178 g/mol. The van der Waals surface area contributed by atoms with Crippen LogP contribution >= 0.6 is 0 Å². The van der Waals surface area contributed by atoms with Crippen LogP contribution in [0.4, 0.5) is 0 Å². The number of methoxy groups -OCH3 is 1. The molecule has 0 unspecified atom stereocenters. The number of para-hydroxylation sites is 1. The zero-order chi connectivity index (χ0) is 10.4. The van der Waals surface area contributed by atoms with Gasteiger partial charge in [0.25, 0.3) is 0 Å². The molecule has 0 amide bonds. The Labute approximate surface area is 83.2 Å². The average Bonchev–Trinajstić information content (AvgIpc) is 2.25. The molecule has 14 heavy (non-hydrogen) atoms. The van der Waals surface area contributed by atoms with Crippen molar-refractivity contribution in [3.8, 4) is 17.6 Å². The third-order valence-electron chi connectivity index (χ3n) is 1.73. The fraction of sp³-hybridized carbons (Fsp3) is 0.182. The molecule has 0 aliphatic heterocycles. The fourth-order valence-corrected chi connectivity index (χ4v) is 1.11. The third-order valence-corrected chi connectivity index (χ3v) is 1.73. The first-order chi connectivity index (χ1) is 6.83. The lowest BCUT2D eigenvalue weighted by Crippen LogP contribution is -1.98. The van der Waals surface area contributed by atoms with Crippen LogP contribution in [0.15, 0.2) is 24.8 Å². The molecule has 1 rings (SSSR count). The predicted octanol–water partition coefficient (Wildman–Crippen LogP) is 2.24. The highest BCUT2D eigenvalue weighted by molar-refractivity contribution is 5.61. The predicted molar refractivity (Wildman–Crippen MR) is 54.2 cm³/mol. The maximum absolute atomic E-state index is 8.41. The standard InChI is InChI=1S/C11H11NO2/c1-3-9-5-4-6-10(13-2)11(9)14-8-7-12/h3-6H,1,8H2,2H3. The van der Waals surface area contributed by atoms with E-state index < -0.39 is 0 Å². The van der Waals surface area contributed by atoms with E-state index in [9.17, 15) is 0 Å². The molecule has 0 aromatic heterocycles. The van der Waals surface area contributed by atoms with Gasteiger partial charge in [-0.25, -0.2) is 0 Å². The SMILES string of the molecule is C=Cc1cccc(OC)c1OCC#N. The smallest absolute Gasteiger partial charge is 0.174 e. The number of hydrogen-bond acceptors (Lipinski definition) is 3. The fourth-order valence-electron chi connectivity index (χ4n) is 1.11. The van der Waals surface area contributed by atoms with Gasteiger partial charge in [0.1, 0.15) is 6.07 Å². The van der Waals surface area contributed by atoms with Gasteiger partial charge in [-0.1, -0.05) is 24.8 Å². The van der Waals surface area contributed by atoms with Gasteiger partial charge in [-0.2, -0.15) is 5.26 Å². The maximum atomic E-state index is 8.41. The van der Waals surface area contributed by atoms with Gasteiger partial charge in [0.15, 0.2) is 18.1 Å². The topological polar surface area (TPSA) is 42.2 Å². The first kappa shape index (κ1) is 10.1. The Kier molecular flexibility index (Phi) is 3.57. The molecule has 0 heterocycles. The second kappa shape index (κ2) is 4.93. The Morgan fingerprint density at radius 3 is 2.93 bits per heavy atom. The van der Waals surface area contributed by atoms with Crippen LogP contribution in [0.1, 0.15) is 5.56 Å². The van der Waals surface area contributed by atoms with Gasteiger partial charge in [0, 0.05) is 5.56 Å². The van der Waals surface area contributed by atoms with E-state index in [1.807, 2.05) is 18.2 Å². The van der Waals surface area contributed by atoms with Crippen molar-refractivity contribution in [2.45, 2.75) is 0 Å². The van der Waals surface area contributed by atoms with Crippen molar-refractivity contribution in [2.24, 2.45) is 0 Å². The molecule has 72 valence electrons. The molecule has 0 bridgehead atoms. The molecule has 0 aliphatic carbocycles. The summed E-state index contributed by atoms with van der Waals surface area (Å²) in [6, 6.07) is 7.38. The van der Waals surface area contributed by atoms with E-state index in [4.69, 9.17) is 14.7 Å². The van der Waals surface area contributed by atoms with E-state index >= 15 is 0 Å². The van der Waals surface area contributed by atoms with E-state index in [0.29, 0.717) is 11.5 Å². The zero-order valence-electron chi connectivity index (χ0n) is 7.99. The van der Waals surface area contributed by atoms with Gasteiger partial charge in [-0.3, -0.25) is 0 Å². The summed E-state index contributed by atoms with van der Waals surface area (Å²) in [7, 11) is 1.56. The summed E-state index contributed by atoms with van der Waals surface area (Å²) < 4.78 is 10.3. The molecule has 3 heteroatoms. The Bertz CT molecular complexity index is 366. The molecule has 1 aromatic carbocycles. The summed E-state index contributed by atoms with van der Waals surface area (Å²) in [6.45, 7) is 3.66. The first-order valence-corrected chi connectivity index (χ1v) is 4.12. The minimum absolute atomic E-state index is 0.00120. The van der Waals surface area contributed by atoms with Crippen LogP contribution in [-0.4, -0.2) is 13.7 Å². The maximum Gasteiger partial charge on any atom is 0.174 e. The second-order valence-electron chi connectivity index (χ2n) is 2.53. The van der Waals surface area contributed by atoms with Crippen LogP contribution in [0, 0.1) is 11.3 Å². The van der Waals surface area contributed by atoms with Gasteiger partial charge in [0.2, 0.25) is 0 Å². The number of nitriles is 1. The number of rotatable bonds is 4. The first-order valence-electron chi connectivity index (χ1n) is 4.12. The van der Waals surface area contributed by atoms with E-state index in [1.165, 1.54) is 0 Å². The van der Waals surface area contributed by atoms with Crippen LogP contribution in [0.25, 0.3) is 6.08 Å². The van der Waals surface area contributed by atoms with Crippen LogP contribution in [0.2, 0.25) is 0 Å². The second-order valence-corrected chi connectivity index (χ2v) is 2.53. The lowest BCUT2D eigenvalue weighted by Gasteiger charge is -2.10. The normalized spacial score (nSPS) is 8.86. The quantitative estimate of drug-likeness (QED) is 0.729. The molecule has 0 spiro atoms. The van der Waals surface area contributed by atoms with Crippen molar-refractivity contribution < 1.29 is 9.47 Å². The molecule has 3 nitrogen and oxygen atoms in total. The Balaban J connectivity index is 3.06. The average molecular weight is 189 g/mol. The van der Waals surface area contributed by atoms with Crippen LogP contribution in [0.5, 0.6) is 11.5 Å². The minimum Gasteiger partial charge on any atom is -0.493 e. The van der Waals surface area contributed by atoms with Gasteiger partial charge in [-0.15, -0.1) is 0 Å². The summed E-state index contributed by atoms with van der Waals surface area (Å²) in [5, 5.41) is 8.41. The largest absolute Gasteiger partial charge is 0.493 e. The van der Waals surface area contributed by atoms with Crippen LogP contribution < -0.4 is 9.47 Å². The highest BCUT2D eigenvalue weighted by Gasteiger charge is 2.07. The molecule has 0 atom stereocenters. The summed E-state index contributed by atoms with van der Waals surface area (Å²) in [5.74, 6) is 1.17. The van der Waals surface area contributed by atoms with Gasteiger partial charge < -0.3 is 9.47 Å². The molecule has 0 N–H and O–H groups in total. The Hall–Kier alpha value is -1.95. The van der Waals surface area contributed by atoms with Gasteiger partial charge >= 0.3 is 0 Å². The summed E-state index contributed by atoms with van der Waals surface area (Å²) in [4.78, 5) is 0. The Morgan fingerprint density at radius 1 is 1.57 bits per heavy atom. The molecule has 0 saturated heterocycles. The number of hydrogen-bond donors (Lipinski definition) is 0. The number of benzene rings is 1. The zero-order valence-corrected chi connectivity index (χ0v) is 7.99. The molecule has 0 radical (unpaired) electrons. The number of ether oxygens (including phenoxy) is 2. The molecular formula is C11H11NO2. The van der Waals surface area contributed by atoms with Gasteiger partial charge in [-0.05, 0) is 6.07 Å². The third kappa shape index (κ3) is 2.05. The molecule has 0 aliphatic rings. The van der Waals surface area contributed by atoms with E-state index in [1.54, 1.807) is 19.3 Å². The summed E-state index contributed by atoms with van der Waals surface area (Å²) >= 11 is 0. The lowest BCUT2D eigenvalue weighted by atomic mass is 10.2. The van der Waals surface area contributed by atoms with E-state index in [-0.39, 0.29) is 6.61 Å². The van der Waals surface area contributed by atoms with Crippen molar-refractivity contribution in [3.63, 3.8) is 0 Å². The van der Waals surface area contributed by atoms with E-state index in [0.717, 1.165) is 5.56 Å². The molecule has 0 saturated carbocycles. The van der Waals surface area contributed by atoms with Crippen LogP contribution in [-0.2, 0) is 0 Å². The van der Waals surface area contributed by atoms with Crippen molar-refractivity contribution in [1.29, 1.82) is 5.26 Å². The summed E-state index contributed by atoms with van der Waals surface area (Å²) in [6.07, 6.45) is 1.66. The van der Waals surface area contributed by atoms with Crippen molar-refractivity contribution in [2.75, 3.05) is 13.7 Å². The Morgan fingerprint density at radius 2 is 2.36 bits per heavy atom. The monoisotopic (exact) mass is 189 g/mol. The highest BCUT2D eigenvalue weighted by atomic mass is 16.5. The lowest BCUT2D eigenvalue weighted by molar-refractivity contribution is 0.329. The van der Waals surface area contributed by atoms with Crippen molar-refractivity contribution >= 4 is 6.08 Å². The molecule has 0 fully saturated rings. The van der Waals surface area contributed by atoms with Crippen LogP contribution in [0.3, 0.4) is 0 Å². The highest BCUT2D eigenvalue weighted by Crippen LogP contribution is 2.31. The van der Waals surface area contributed by atoms with Crippen molar-refractivity contribution in [3.05, 3.63) is 30.3 Å². The van der Waals surface area contributed by atoms with Gasteiger partial charge in [0.05, 0.1) is 7.11 Å². The molecule has 1 aromatic rings. The van der Waals surface area contributed by atoms with Crippen molar-refractivity contribution in [1.82, 2.24) is 0 Å². The summed E-state index contributed by atoms with van der Waals surface area (Å²) in [5.41, 5.74) is 0.819. The minimum atomic E-state index is 0.00120.